The quantitative estimate of drug-likeness (QED) is 0.353. The van der Waals surface area contributed by atoms with Crippen LogP contribution in [-0.4, -0.2) is 0 Å². The van der Waals surface area contributed by atoms with E-state index in [1.165, 1.54) is 161 Å². The molecule has 0 heterocycles. The fourth-order valence-electron chi connectivity index (χ4n) is 5.65. The largest absolute Gasteiger partial charge is 0.197 e. The molecule has 0 aromatic heterocycles. The van der Waals surface area contributed by atoms with Crippen molar-refractivity contribution in [2.45, 2.75) is 186 Å². The first-order chi connectivity index (χ1) is 16.8. The van der Waals surface area contributed by atoms with Crippen LogP contribution in [0.1, 0.15) is 186 Å². The summed E-state index contributed by atoms with van der Waals surface area (Å²) < 4.78 is 0. The Labute approximate surface area is 214 Å². The van der Waals surface area contributed by atoms with E-state index in [9.17, 15) is 10.5 Å². The third kappa shape index (κ3) is 18.3. The summed E-state index contributed by atoms with van der Waals surface area (Å²) in [5.41, 5.74) is -0.722. The van der Waals surface area contributed by atoms with Crippen molar-refractivity contribution in [3.8, 4) is 12.1 Å². The predicted molar refractivity (Wildman–Crippen MR) is 148 cm³/mol. The van der Waals surface area contributed by atoms with E-state index in [0.29, 0.717) is 0 Å². The molecule has 1 rings (SSSR count). The second kappa shape index (κ2) is 23.7. The van der Waals surface area contributed by atoms with Gasteiger partial charge in [-0.1, -0.05) is 173 Å². The summed E-state index contributed by atoms with van der Waals surface area (Å²) in [7, 11) is 0. The Kier molecular flexibility index (Phi) is 21.6. The lowest BCUT2D eigenvalue weighted by Gasteiger charge is -2.18. The fraction of sp³-hybridized carbons (Fsp3) is 0.938. The smallest absolute Gasteiger partial charge is 0.143 e. The minimum Gasteiger partial charge on any atom is -0.197 e. The van der Waals surface area contributed by atoms with Gasteiger partial charge in [-0.05, 0) is 12.8 Å². The van der Waals surface area contributed by atoms with E-state index in [1.54, 1.807) is 0 Å². The van der Waals surface area contributed by atoms with Gasteiger partial charge in [0.1, 0.15) is 5.41 Å². The summed E-state index contributed by atoms with van der Waals surface area (Å²) in [6.45, 7) is 0. The van der Waals surface area contributed by atoms with Gasteiger partial charge in [0.05, 0.1) is 12.1 Å². The molecular formula is C32H58N2. The minimum absolute atomic E-state index is 0.722. The molecule has 2 heteroatoms. The molecule has 1 fully saturated rings. The maximum absolute atomic E-state index is 9.68. The van der Waals surface area contributed by atoms with Crippen LogP contribution in [0.15, 0.2) is 0 Å². The summed E-state index contributed by atoms with van der Waals surface area (Å²) in [5, 5.41) is 19.4. The standard InChI is InChI=1S/C32H58N2/c33-30-32(31-34)28-26-24-22-20-18-16-14-12-10-8-6-4-2-1-3-5-7-9-11-13-15-17-19-21-23-25-27-29-32/h1-29H2. The highest BCUT2D eigenvalue weighted by atomic mass is 14.4. The van der Waals surface area contributed by atoms with Gasteiger partial charge in [-0.25, -0.2) is 0 Å². The average molecular weight is 471 g/mol. The number of nitriles is 2. The van der Waals surface area contributed by atoms with Gasteiger partial charge in [-0.3, -0.25) is 0 Å². The van der Waals surface area contributed by atoms with Gasteiger partial charge in [0.25, 0.3) is 0 Å². The second-order valence-electron chi connectivity index (χ2n) is 11.4. The van der Waals surface area contributed by atoms with Crippen molar-refractivity contribution in [2.24, 2.45) is 5.41 Å². The summed E-state index contributed by atoms with van der Waals surface area (Å²) in [6.07, 6.45) is 38.3. The second-order valence-corrected chi connectivity index (χ2v) is 11.4. The molecule has 0 amide bonds. The number of hydrogen-bond acceptors (Lipinski definition) is 2. The third-order valence-electron chi connectivity index (χ3n) is 8.14. The van der Waals surface area contributed by atoms with Gasteiger partial charge in [0.15, 0.2) is 0 Å². The zero-order valence-corrected chi connectivity index (χ0v) is 22.9. The number of rotatable bonds is 0. The maximum Gasteiger partial charge on any atom is 0.143 e. The van der Waals surface area contributed by atoms with Gasteiger partial charge in [0, 0.05) is 0 Å². The van der Waals surface area contributed by atoms with E-state index in [2.05, 4.69) is 12.1 Å². The van der Waals surface area contributed by atoms with Crippen LogP contribution in [0.5, 0.6) is 0 Å². The van der Waals surface area contributed by atoms with Crippen LogP contribution in [0.2, 0.25) is 0 Å². The molecule has 0 atom stereocenters. The first-order valence-corrected chi connectivity index (χ1v) is 15.7. The van der Waals surface area contributed by atoms with E-state index in [4.69, 9.17) is 0 Å². The highest BCUT2D eigenvalue weighted by Crippen LogP contribution is 2.30. The summed E-state index contributed by atoms with van der Waals surface area (Å²) in [5.74, 6) is 0. The Hall–Kier alpha value is -1.02. The van der Waals surface area contributed by atoms with Crippen molar-refractivity contribution in [3.05, 3.63) is 0 Å². The Morgan fingerprint density at radius 1 is 0.265 bits per heavy atom. The molecule has 1 aliphatic carbocycles. The Balaban J connectivity index is 2.24. The summed E-state index contributed by atoms with van der Waals surface area (Å²) in [4.78, 5) is 0. The van der Waals surface area contributed by atoms with Crippen LogP contribution < -0.4 is 0 Å². The molecule has 0 aromatic rings. The first kappa shape index (κ1) is 31.0. The van der Waals surface area contributed by atoms with E-state index in [-0.39, 0.29) is 0 Å². The summed E-state index contributed by atoms with van der Waals surface area (Å²) >= 11 is 0. The van der Waals surface area contributed by atoms with Crippen molar-refractivity contribution < 1.29 is 0 Å². The van der Waals surface area contributed by atoms with Crippen LogP contribution in [-0.2, 0) is 0 Å². The molecule has 0 unspecified atom stereocenters. The molecule has 0 saturated heterocycles. The molecular weight excluding hydrogens is 412 g/mol. The normalized spacial score (nSPS) is 23.6. The van der Waals surface area contributed by atoms with Crippen LogP contribution in [0.4, 0.5) is 0 Å². The van der Waals surface area contributed by atoms with Gasteiger partial charge in [-0.2, -0.15) is 10.5 Å². The van der Waals surface area contributed by atoms with E-state index in [0.717, 1.165) is 25.7 Å². The SMILES string of the molecule is N#CC1(C#N)CCCCCCCCCCCCCCCCCCCCCCCCCCCCC1. The zero-order valence-electron chi connectivity index (χ0n) is 22.9. The van der Waals surface area contributed by atoms with Crippen molar-refractivity contribution >= 4 is 0 Å². The molecule has 0 N–H and O–H groups in total. The molecule has 34 heavy (non-hydrogen) atoms. The lowest BCUT2D eigenvalue weighted by Crippen LogP contribution is -2.16. The molecule has 196 valence electrons. The molecule has 0 aliphatic heterocycles. The van der Waals surface area contributed by atoms with E-state index >= 15 is 0 Å². The van der Waals surface area contributed by atoms with Gasteiger partial charge in [0.2, 0.25) is 0 Å². The highest BCUT2D eigenvalue weighted by molar-refractivity contribution is 5.13. The lowest BCUT2D eigenvalue weighted by atomic mass is 9.80. The third-order valence-corrected chi connectivity index (χ3v) is 8.14. The maximum atomic E-state index is 9.68. The van der Waals surface area contributed by atoms with Crippen LogP contribution in [0, 0.1) is 28.1 Å². The zero-order chi connectivity index (χ0) is 24.4. The van der Waals surface area contributed by atoms with Crippen LogP contribution in [0.25, 0.3) is 0 Å². The predicted octanol–water partition coefficient (Wildman–Crippen LogP) is 11.3. The topological polar surface area (TPSA) is 47.6 Å². The van der Waals surface area contributed by atoms with Crippen molar-refractivity contribution in [2.75, 3.05) is 0 Å². The monoisotopic (exact) mass is 470 g/mol. The Morgan fingerprint density at radius 3 is 0.559 bits per heavy atom. The molecule has 2 nitrogen and oxygen atoms in total. The fourth-order valence-corrected chi connectivity index (χ4v) is 5.65. The molecule has 0 bridgehead atoms. The molecule has 1 aliphatic rings. The van der Waals surface area contributed by atoms with Gasteiger partial charge >= 0.3 is 0 Å². The highest BCUT2D eigenvalue weighted by Gasteiger charge is 2.28. The lowest BCUT2D eigenvalue weighted by molar-refractivity contribution is 0.390. The minimum atomic E-state index is -0.722. The number of nitrogens with zero attached hydrogens (tertiary/aromatic N) is 2. The van der Waals surface area contributed by atoms with Gasteiger partial charge < -0.3 is 0 Å². The number of hydrogen-bond donors (Lipinski definition) is 0. The van der Waals surface area contributed by atoms with Crippen LogP contribution in [0.3, 0.4) is 0 Å². The molecule has 0 spiro atoms. The van der Waals surface area contributed by atoms with Crippen molar-refractivity contribution in [1.82, 2.24) is 0 Å². The molecule has 0 radical (unpaired) electrons. The van der Waals surface area contributed by atoms with Crippen molar-refractivity contribution in [3.63, 3.8) is 0 Å². The van der Waals surface area contributed by atoms with E-state index in [1.807, 2.05) is 0 Å². The average Bonchev–Trinajstić information content (AvgIpc) is 2.86. The Bertz CT molecular complexity index is 466. The summed E-state index contributed by atoms with van der Waals surface area (Å²) in [6, 6.07) is 4.78. The first-order valence-electron chi connectivity index (χ1n) is 15.7. The van der Waals surface area contributed by atoms with Gasteiger partial charge in [-0.15, -0.1) is 0 Å². The molecule has 0 aromatic carbocycles. The van der Waals surface area contributed by atoms with Crippen LogP contribution >= 0.6 is 0 Å². The van der Waals surface area contributed by atoms with E-state index < -0.39 is 5.41 Å². The molecule has 1 saturated carbocycles. The van der Waals surface area contributed by atoms with Crippen molar-refractivity contribution in [1.29, 1.82) is 10.5 Å². The Morgan fingerprint density at radius 2 is 0.412 bits per heavy atom.